The fraction of sp³-hybridized carbons (Fsp3) is 0.280. The van der Waals surface area contributed by atoms with Gasteiger partial charge in [-0.1, -0.05) is 24.3 Å². The number of rotatable bonds is 7. The lowest BCUT2D eigenvalue weighted by Gasteiger charge is -2.32. The van der Waals surface area contributed by atoms with E-state index in [1.807, 2.05) is 48.5 Å². The molecule has 0 saturated carbocycles. The molecule has 1 fully saturated rings. The van der Waals surface area contributed by atoms with E-state index < -0.39 is 5.95 Å². The lowest BCUT2D eigenvalue weighted by atomic mass is 10.1. The van der Waals surface area contributed by atoms with Crippen molar-refractivity contribution < 1.29 is 14.4 Å². The molecule has 7 nitrogen and oxygen atoms in total. The maximum absolute atomic E-state index is 13.0. The summed E-state index contributed by atoms with van der Waals surface area (Å²) in [5.41, 5.74) is 4.44. The minimum Gasteiger partial charge on any atom is -0.356 e. The zero-order chi connectivity index (χ0) is 23.2. The Hall–Kier alpha value is -3.33. The molecule has 2 N–H and O–H groups in total. The summed E-state index contributed by atoms with van der Waals surface area (Å²) in [6.45, 7) is 3.90. The molecule has 0 bridgehead atoms. The Bertz CT molecular complexity index is 1050. The van der Waals surface area contributed by atoms with Gasteiger partial charge in [0.1, 0.15) is 0 Å². The number of halogens is 1. The minimum absolute atomic E-state index is 0.146. The normalized spacial score (nSPS) is 14.8. The molecule has 1 aromatic heterocycles. The van der Waals surface area contributed by atoms with Crippen molar-refractivity contribution in [3.8, 4) is 11.1 Å². The molecule has 1 saturated heterocycles. The average Bonchev–Trinajstić information content (AvgIpc) is 2.83. The molecule has 33 heavy (non-hydrogen) atoms. The number of anilines is 2. The Morgan fingerprint density at radius 2 is 1.58 bits per heavy atom. The van der Waals surface area contributed by atoms with E-state index in [2.05, 4.69) is 27.1 Å². The first kappa shape index (κ1) is 22.8. The van der Waals surface area contributed by atoms with Crippen molar-refractivity contribution in [1.29, 1.82) is 0 Å². The van der Waals surface area contributed by atoms with E-state index in [-0.39, 0.29) is 19.0 Å². The van der Waals surface area contributed by atoms with Gasteiger partial charge in [0.15, 0.2) is 0 Å². The first-order chi connectivity index (χ1) is 16.0. The number of hydrogen-bond donors (Lipinski definition) is 2. The van der Waals surface area contributed by atoms with Crippen LogP contribution in [0.5, 0.6) is 0 Å². The number of likely N-dealkylation sites (N-methyl/N-ethyl adjacent to an activating group) is 1. The number of carbonyl (C=O) groups excluding carboxylic acids is 1. The molecule has 1 amide bonds. The van der Waals surface area contributed by atoms with Crippen LogP contribution in [0.2, 0.25) is 0 Å². The van der Waals surface area contributed by atoms with E-state index in [0.29, 0.717) is 0 Å². The van der Waals surface area contributed by atoms with Gasteiger partial charge in [0, 0.05) is 49.3 Å². The van der Waals surface area contributed by atoms with Gasteiger partial charge in [-0.05, 0) is 54.6 Å². The lowest BCUT2D eigenvalue weighted by molar-refractivity contribution is -0.169. The van der Waals surface area contributed by atoms with Gasteiger partial charge in [-0.15, -0.1) is 0 Å². The number of pyridine rings is 1. The maximum atomic E-state index is 13.0. The van der Waals surface area contributed by atoms with Gasteiger partial charge < -0.3 is 10.2 Å². The predicted molar refractivity (Wildman–Crippen MR) is 126 cm³/mol. The summed E-state index contributed by atoms with van der Waals surface area (Å²) in [5, 5.41) is 14.3. The number of benzene rings is 2. The number of nitrogens with zero attached hydrogens (tertiary/aromatic N) is 4. The largest absolute Gasteiger partial charge is 0.356 e. The van der Waals surface area contributed by atoms with Crippen LogP contribution in [-0.4, -0.2) is 70.7 Å². The summed E-state index contributed by atoms with van der Waals surface area (Å²) in [5.74, 6) is -0.789. The third-order valence-electron chi connectivity index (χ3n) is 5.76. The minimum atomic E-state index is -0.496. The number of piperazine rings is 1. The summed E-state index contributed by atoms with van der Waals surface area (Å²) < 4.78 is 13.0. The molecule has 3 aromatic rings. The van der Waals surface area contributed by atoms with E-state index in [0.717, 1.165) is 59.3 Å². The highest BCUT2D eigenvalue weighted by Gasteiger charge is 2.19. The highest BCUT2D eigenvalue weighted by molar-refractivity contribution is 5.77. The number of carbonyl (C=O) groups is 1. The molecular formula is C25H28FN5O2. The molecule has 2 aromatic carbocycles. The van der Waals surface area contributed by atoms with Crippen LogP contribution in [0.3, 0.4) is 0 Å². The Balaban J connectivity index is 1.29. The number of hydrogen-bond acceptors (Lipinski definition) is 6. The van der Waals surface area contributed by atoms with Crippen molar-refractivity contribution in [3.05, 3.63) is 78.4 Å². The zero-order valence-corrected chi connectivity index (χ0v) is 18.6. The van der Waals surface area contributed by atoms with Crippen LogP contribution in [0.25, 0.3) is 11.1 Å². The standard InChI is InChI=1S/C25H28FN5O2/c1-29-12-14-30(15-13-29)18-25(32)31(33)17-19-2-7-22(8-3-19)28-23-9-4-20(5-10-23)21-6-11-24(26)27-16-21/h2-11,16,28,33H,12-15,17-18H2,1H3. The topological polar surface area (TPSA) is 71.9 Å². The molecular weight excluding hydrogens is 421 g/mol. The van der Waals surface area contributed by atoms with Crippen LogP contribution in [0.15, 0.2) is 66.9 Å². The molecule has 0 atom stereocenters. The van der Waals surface area contributed by atoms with Gasteiger partial charge in [-0.25, -0.2) is 10.0 Å². The van der Waals surface area contributed by atoms with E-state index in [1.165, 1.54) is 12.3 Å². The molecule has 1 aliphatic heterocycles. The van der Waals surface area contributed by atoms with Crippen LogP contribution < -0.4 is 5.32 Å². The number of aromatic nitrogens is 1. The smallest absolute Gasteiger partial charge is 0.260 e. The summed E-state index contributed by atoms with van der Waals surface area (Å²) in [4.78, 5) is 20.3. The van der Waals surface area contributed by atoms with Crippen LogP contribution in [0, 0.1) is 5.95 Å². The van der Waals surface area contributed by atoms with Gasteiger partial charge in [0.25, 0.3) is 5.91 Å². The fourth-order valence-corrected chi connectivity index (χ4v) is 3.69. The Kier molecular flexibility index (Phi) is 7.29. The van der Waals surface area contributed by atoms with Gasteiger partial charge >= 0.3 is 0 Å². The van der Waals surface area contributed by atoms with Crippen molar-refractivity contribution in [1.82, 2.24) is 19.8 Å². The summed E-state index contributed by atoms with van der Waals surface area (Å²) >= 11 is 0. The van der Waals surface area contributed by atoms with Gasteiger partial charge in [0.05, 0.1) is 13.1 Å². The molecule has 4 rings (SSSR count). The first-order valence-electron chi connectivity index (χ1n) is 10.9. The van der Waals surface area contributed by atoms with Crippen molar-refractivity contribution in [2.45, 2.75) is 6.54 Å². The quantitative estimate of drug-likeness (QED) is 0.326. The molecule has 1 aliphatic rings. The predicted octanol–water partition coefficient (Wildman–Crippen LogP) is 3.60. The van der Waals surface area contributed by atoms with E-state index in [1.54, 1.807) is 6.07 Å². The van der Waals surface area contributed by atoms with Crippen molar-refractivity contribution in [2.24, 2.45) is 0 Å². The number of nitrogens with one attached hydrogen (secondary N) is 1. The average molecular weight is 450 g/mol. The van der Waals surface area contributed by atoms with Crippen LogP contribution in [-0.2, 0) is 11.3 Å². The molecule has 2 heterocycles. The molecule has 172 valence electrons. The molecule has 8 heteroatoms. The van der Waals surface area contributed by atoms with Crippen molar-refractivity contribution in [2.75, 3.05) is 45.1 Å². The van der Waals surface area contributed by atoms with E-state index in [4.69, 9.17) is 0 Å². The Morgan fingerprint density at radius 1 is 0.970 bits per heavy atom. The SMILES string of the molecule is CN1CCN(CC(=O)N(O)Cc2ccc(Nc3ccc(-c4ccc(F)nc4)cc3)cc2)CC1. The third kappa shape index (κ3) is 6.35. The first-order valence-corrected chi connectivity index (χ1v) is 10.9. The van der Waals surface area contributed by atoms with Gasteiger partial charge in [-0.2, -0.15) is 4.39 Å². The second-order valence-corrected chi connectivity index (χ2v) is 8.30. The molecule has 0 radical (unpaired) electrons. The van der Waals surface area contributed by atoms with E-state index >= 15 is 0 Å². The summed E-state index contributed by atoms with van der Waals surface area (Å²) in [6.07, 6.45) is 1.51. The lowest BCUT2D eigenvalue weighted by Crippen LogP contribution is -2.48. The Morgan fingerprint density at radius 3 is 2.18 bits per heavy atom. The van der Waals surface area contributed by atoms with Crippen LogP contribution in [0.1, 0.15) is 5.56 Å². The second-order valence-electron chi connectivity index (χ2n) is 8.30. The Labute approximate surface area is 193 Å². The summed E-state index contributed by atoms with van der Waals surface area (Å²) in [7, 11) is 2.07. The van der Waals surface area contributed by atoms with Crippen LogP contribution >= 0.6 is 0 Å². The van der Waals surface area contributed by atoms with E-state index in [9.17, 15) is 14.4 Å². The molecule has 0 spiro atoms. The monoisotopic (exact) mass is 449 g/mol. The fourth-order valence-electron chi connectivity index (χ4n) is 3.69. The number of amides is 1. The second kappa shape index (κ2) is 10.5. The van der Waals surface area contributed by atoms with Crippen molar-refractivity contribution >= 4 is 17.3 Å². The van der Waals surface area contributed by atoms with Gasteiger partial charge in [-0.3, -0.25) is 14.9 Å². The van der Waals surface area contributed by atoms with Crippen LogP contribution in [0.4, 0.5) is 15.8 Å². The van der Waals surface area contributed by atoms with Gasteiger partial charge in [0.2, 0.25) is 5.95 Å². The third-order valence-corrected chi connectivity index (χ3v) is 5.76. The molecule has 0 unspecified atom stereocenters. The number of hydroxylamine groups is 2. The van der Waals surface area contributed by atoms with Crippen molar-refractivity contribution in [3.63, 3.8) is 0 Å². The molecule has 0 aliphatic carbocycles. The maximum Gasteiger partial charge on any atom is 0.260 e. The summed E-state index contributed by atoms with van der Waals surface area (Å²) in [6, 6.07) is 18.4. The highest BCUT2D eigenvalue weighted by Crippen LogP contribution is 2.23. The zero-order valence-electron chi connectivity index (χ0n) is 18.6. The highest BCUT2D eigenvalue weighted by atomic mass is 19.1.